The second kappa shape index (κ2) is 10.2. The van der Waals surface area contributed by atoms with Crippen LogP contribution in [0.1, 0.15) is 30.9 Å². The van der Waals surface area contributed by atoms with Gasteiger partial charge in [0, 0.05) is 5.69 Å². The van der Waals surface area contributed by atoms with E-state index in [1.807, 2.05) is 43.3 Å². The number of carbonyl (C=O) groups excluding carboxylic acids is 2. The summed E-state index contributed by atoms with van der Waals surface area (Å²) >= 11 is 0. The third-order valence-corrected chi connectivity index (χ3v) is 3.80. The Labute approximate surface area is 154 Å². The minimum absolute atomic E-state index is 0.234. The maximum absolute atomic E-state index is 11.9. The summed E-state index contributed by atoms with van der Waals surface area (Å²) in [7, 11) is 0. The normalized spacial score (nSPS) is 10.2. The third kappa shape index (κ3) is 6.97. The van der Waals surface area contributed by atoms with Crippen molar-refractivity contribution in [3.05, 3.63) is 59.7 Å². The molecule has 0 aliphatic rings. The van der Waals surface area contributed by atoms with Gasteiger partial charge in [0.15, 0.2) is 13.2 Å². The molecule has 0 radical (unpaired) electrons. The van der Waals surface area contributed by atoms with Crippen LogP contribution in [0.5, 0.6) is 5.75 Å². The number of nitrogens with one attached hydrogen (secondary N) is 1. The van der Waals surface area contributed by atoms with E-state index in [0.717, 1.165) is 24.8 Å². The lowest BCUT2D eigenvalue weighted by molar-refractivity contribution is -0.149. The van der Waals surface area contributed by atoms with Gasteiger partial charge in [-0.1, -0.05) is 43.2 Å². The summed E-state index contributed by atoms with van der Waals surface area (Å²) in [6.07, 6.45) is 3.33. The number of rotatable bonds is 9. The molecule has 0 saturated heterocycles. The summed E-state index contributed by atoms with van der Waals surface area (Å²) in [5.41, 5.74) is 3.03. The number of aryl methyl sites for hydroxylation is 2. The predicted molar refractivity (Wildman–Crippen MR) is 101 cm³/mol. The van der Waals surface area contributed by atoms with Crippen molar-refractivity contribution < 1.29 is 19.1 Å². The number of unbranched alkanes of at least 4 members (excludes halogenated alkanes) is 1. The van der Waals surface area contributed by atoms with Gasteiger partial charge in [0.25, 0.3) is 5.91 Å². The van der Waals surface area contributed by atoms with E-state index >= 15 is 0 Å². The SMILES string of the molecule is CCCCc1ccc(NC(=O)COC(=O)COc2ccc(C)cc2)cc1. The molecule has 0 spiro atoms. The van der Waals surface area contributed by atoms with Crippen molar-refractivity contribution in [3.8, 4) is 5.75 Å². The summed E-state index contributed by atoms with van der Waals surface area (Å²) in [5, 5.41) is 2.70. The van der Waals surface area contributed by atoms with Crippen LogP contribution in [-0.4, -0.2) is 25.1 Å². The largest absolute Gasteiger partial charge is 0.482 e. The Hall–Kier alpha value is -2.82. The maximum atomic E-state index is 11.9. The number of hydrogen-bond acceptors (Lipinski definition) is 4. The molecule has 0 bridgehead atoms. The first-order chi connectivity index (χ1) is 12.6. The van der Waals surface area contributed by atoms with Crippen LogP contribution in [-0.2, 0) is 20.7 Å². The van der Waals surface area contributed by atoms with E-state index in [1.165, 1.54) is 5.56 Å². The summed E-state index contributed by atoms with van der Waals surface area (Å²) in [6.45, 7) is 3.55. The molecule has 5 heteroatoms. The first-order valence-electron chi connectivity index (χ1n) is 8.80. The van der Waals surface area contributed by atoms with Crippen LogP contribution in [0.15, 0.2) is 48.5 Å². The average Bonchev–Trinajstić information content (AvgIpc) is 2.65. The Morgan fingerprint density at radius 3 is 2.31 bits per heavy atom. The van der Waals surface area contributed by atoms with E-state index in [4.69, 9.17) is 9.47 Å². The molecular formula is C21H25NO4. The molecule has 26 heavy (non-hydrogen) atoms. The van der Waals surface area contributed by atoms with E-state index in [1.54, 1.807) is 12.1 Å². The Kier molecular flexibility index (Phi) is 7.68. The lowest BCUT2D eigenvalue weighted by atomic mass is 10.1. The van der Waals surface area contributed by atoms with Crippen LogP contribution in [0.25, 0.3) is 0 Å². The van der Waals surface area contributed by atoms with Crippen LogP contribution in [0.4, 0.5) is 5.69 Å². The molecule has 2 aromatic rings. The van der Waals surface area contributed by atoms with Crippen LogP contribution < -0.4 is 10.1 Å². The molecule has 2 aromatic carbocycles. The Bertz CT molecular complexity index is 708. The molecule has 0 saturated carbocycles. The van der Waals surface area contributed by atoms with E-state index < -0.39 is 5.97 Å². The summed E-state index contributed by atoms with van der Waals surface area (Å²) < 4.78 is 10.2. The zero-order valence-electron chi connectivity index (χ0n) is 15.3. The summed E-state index contributed by atoms with van der Waals surface area (Å²) in [5.74, 6) is -0.384. The highest BCUT2D eigenvalue weighted by atomic mass is 16.6. The van der Waals surface area contributed by atoms with Crippen molar-refractivity contribution in [1.82, 2.24) is 0 Å². The molecule has 0 heterocycles. The number of carbonyl (C=O) groups is 2. The van der Waals surface area contributed by atoms with E-state index in [2.05, 4.69) is 12.2 Å². The van der Waals surface area contributed by atoms with Crippen molar-refractivity contribution in [2.24, 2.45) is 0 Å². The van der Waals surface area contributed by atoms with Crippen LogP contribution in [0.2, 0.25) is 0 Å². The van der Waals surface area contributed by atoms with Gasteiger partial charge < -0.3 is 14.8 Å². The van der Waals surface area contributed by atoms with Crippen molar-refractivity contribution in [2.45, 2.75) is 33.1 Å². The van der Waals surface area contributed by atoms with Gasteiger partial charge in [0.1, 0.15) is 5.75 Å². The number of benzene rings is 2. The fourth-order valence-corrected chi connectivity index (χ4v) is 2.30. The number of esters is 1. The highest BCUT2D eigenvalue weighted by Crippen LogP contribution is 2.12. The highest BCUT2D eigenvalue weighted by molar-refractivity contribution is 5.92. The Morgan fingerprint density at radius 2 is 1.65 bits per heavy atom. The van der Waals surface area contributed by atoms with Gasteiger partial charge in [-0.15, -0.1) is 0 Å². The molecule has 1 amide bonds. The molecule has 0 unspecified atom stereocenters. The number of anilines is 1. The molecule has 1 N–H and O–H groups in total. The van der Waals surface area contributed by atoms with Gasteiger partial charge in [0.05, 0.1) is 0 Å². The van der Waals surface area contributed by atoms with E-state index in [0.29, 0.717) is 11.4 Å². The second-order valence-corrected chi connectivity index (χ2v) is 6.11. The molecule has 138 valence electrons. The third-order valence-electron chi connectivity index (χ3n) is 3.80. The second-order valence-electron chi connectivity index (χ2n) is 6.11. The minimum atomic E-state index is -0.587. The van der Waals surface area contributed by atoms with Gasteiger partial charge in [-0.3, -0.25) is 4.79 Å². The Morgan fingerprint density at radius 1 is 0.962 bits per heavy atom. The molecule has 0 atom stereocenters. The zero-order chi connectivity index (χ0) is 18.8. The van der Waals surface area contributed by atoms with Gasteiger partial charge in [-0.05, 0) is 49.6 Å². The smallest absolute Gasteiger partial charge is 0.344 e. The molecule has 2 rings (SSSR count). The lowest BCUT2D eigenvalue weighted by Gasteiger charge is -2.08. The van der Waals surface area contributed by atoms with Crippen LogP contribution in [0, 0.1) is 6.92 Å². The fourth-order valence-electron chi connectivity index (χ4n) is 2.30. The van der Waals surface area contributed by atoms with Crippen molar-refractivity contribution >= 4 is 17.6 Å². The van der Waals surface area contributed by atoms with Crippen LogP contribution >= 0.6 is 0 Å². The first-order valence-corrected chi connectivity index (χ1v) is 8.80. The molecule has 0 aliphatic carbocycles. The molecule has 0 aliphatic heterocycles. The Balaban J connectivity index is 1.68. The first kappa shape index (κ1) is 19.5. The van der Waals surface area contributed by atoms with E-state index in [-0.39, 0.29) is 19.1 Å². The number of hydrogen-bond donors (Lipinski definition) is 1. The maximum Gasteiger partial charge on any atom is 0.344 e. The summed E-state index contributed by atoms with van der Waals surface area (Å²) in [4.78, 5) is 23.5. The molecular weight excluding hydrogens is 330 g/mol. The standard InChI is InChI=1S/C21H25NO4/c1-3-4-5-17-8-10-18(11-9-17)22-20(23)14-26-21(24)15-25-19-12-6-16(2)7-13-19/h6-13H,3-5,14-15H2,1-2H3,(H,22,23). The number of amides is 1. The lowest BCUT2D eigenvalue weighted by Crippen LogP contribution is -2.23. The molecule has 0 aromatic heterocycles. The average molecular weight is 355 g/mol. The van der Waals surface area contributed by atoms with E-state index in [9.17, 15) is 9.59 Å². The topological polar surface area (TPSA) is 64.6 Å². The minimum Gasteiger partial charge on any atom is -0.482 e. The fraction of sp³-hybridized carbons (Fsp3) is 0.333. The molecule has 5 nitrogen and oxygen atoms in total. The molecule has 0 fully saturated rings. The number of ether oxygens (including phenoxy) is 2. The van der Waals surface area contributed by atoms with Crippen molar-refractivity contribution in [2.75, 3.05) is 18.5 Å². The van der Waals surface area contributed by atoms with Gasteiger partial charge in [-0.25, -0.2) is 4.79 Å². The quantitative estimate of drug-likeness (QED) is 0.693. The summed E-state index contributed by atoms with van der Waals surface area (Å²) in [6, 6.07) is 15.0. The van der Waals surface area contributed by atoms with Crippen molar-refractivity contribution in [1.29, 1.82) is 0 Å². The van der Waals surface area contributed by atoms with Gasteiger partial charge in [0.2, 0.25) is 0 Å². The van der Waals surface area contributed by atoms with Crippen LogP contribution in [0.3, 0.4) is 0 Å². The zero-order valence-corrected chi connectivity index (χ0v) is 15.3. The monoisotopic (exact) mass is 355 g/mol. The predicted octanol–water partition coefficient (Wildman–Crippen LogP) is 3.90. The highest BCUT2D eigenvalue weighted by Gasteiger charge is 2.09. The van der Waals surface area contributed by atoms with Gasteiger partial charge >= 0.3 is 5.97 Å². The van der Waals surface area contributed by atoms with Crippen molar-refractivity contribution in [3.63, 3.8) is 0 Å². The van der Waals surface area contributed by atoms with Gasteiger partial charge in [-0.2, -0.15) is 0 Å².